The number of nitrogens with one attached hydrogen (secondary N) is 1. The van der Waals surface area contributed by atoms with Gasteiger partial charge in [-0.25, -0.2) is 4.39 Å². The molecule has 0 bridgehead atoms. The summed E-state index contributed by atoms with van der Waals surface area (Å²) >= 11 is 0. The number of nitrogens with zero attached hydrogens (tertiary/aromatic N) is 1. The van der Waals surface area contributed by atoms with Crippen molar-refractivity contribution in [1.29, 1.82) is 0 Å². The number of phenolic OH excluding ortho intramolecular Hbond substituents is 1. The number of Topliss-reactive ketones (excluding diaryl/α,β-unsaturated/α-hetero) is 2. The number of halogens is 3. The van der Waals surface area contributed by atoms with Crippen LogP contribution in [0, 0.1) is 17.7 Å². The van der Waals surface area contributed by atoms with Gasteiger partial charge in [0.25, 0.3) is 5.91 Å². The van der Waals surface area contributed by atoms with Crippen LogP contribution in [0.2, 0.25) is 0 Å². The van der Waals surface area contributed by atoms with E-state index >= 15 is 4.39 Å². The summed E-state index contributed by atoms with van der Waals surface area (Å²) in [5.41, 5.74) is 1.34. The van der Waals surface area contributed by atoms with Crippen molar-refractivity contribution in [3.05, 3.63) is 45.5 Å². The second kappa shape index (κ2) is 11.2. The second-order valence-electron chi connectivity index (χ2n) is 9.86. The number of aliphatic hydroxyl groups is 3. The maximum Gasteiger partial charge on any atom is 0.255 e. The third-order valence-electron chi connectivity index (χ3n) is 7.47. The molecule has 4 rings (SSSR count). The largest absolute Gasteiger partial charge is 0.508 e. The highest BCUT2D eigenvalue weighted by atomic mass is 35.5. The Morgan fingerprint density at radius 1 is 1.24 bits per heavy atom. The number of hydrogen-bond donors (Lipinski definition) is 6. The number of carbonyl (C=O) groups is 3. The van der Waals surface area contributed by atoms with Crippen molar-refractivity contribution in [3.8, 4) is 5.75 Å². The minimum absolute atomic E-state index is 0. The number of aromatic hydroxyl groups is 1. The van der Waals surface area contributed by atoms with Crippen LogP contribution in [0.1, 0.15) is 36.5 Å². The number of rotatable bonds is 6. The molecule has 210 valence electrons. The highest BCUT2D eigenvalue weighted by Crippen LogP contribution is 2.53. The lowest BCUT2D eigenvalue weighted by Gasteiger charge is -2.50. The quantitative estimate of drug-likeness (QED) is 0.216. The fraction of sp³-hybridized carbons (Fsp3) is 0.480. The number of fused-ring (bicyclic) bond motifs is 3. The van der Waals surface area contributed by atoms with Crippen LogP contribution in [0.3, 0.4) is 0 Å². The van der Waals surface area contributed by atoms with E-state index in [0.717, 1.165) is 6.42 Å². The molecule has 0 aromatic heterocycles. The predicted octanol–water partition coefficient (Wildman–Crippen LogP) is 1.45. The average Bonchev–Trinajstić information content (AvgIpc) is 2.79. The van der Waals surface area contributed by atoms with Gasteiger partial charge >= 0.3 is 0 Å². The minimum Gasteiger partial charge on any atom is -0.508 e. The molecule has 4 atom stereocenters. The van der Waals surface area contributed by atoms with Gasteiger partial charge in [0.15, 0.2) is 11.4 Å². The van der Waals surface area contributed by atoms with Crippen molar-refractivity contribution in [2.24, 2.45) is 17.6 Å². The van der Waals surface area contributed by atoms with Gasteiger partial charge in [0.1, 0.15) is 28.7 Å². The van der Waals surface area contributed by atoms with Crippen molar-refractivity contribution in [2.75, 3.05) is 20.6 Å². The van der Waals surface area contributed by atoms with Crippen molar-refractivity contribution >= 4 is 48.0 Å². The Kier molecular flexibility index (Phi) is 9.28. The standard InChI is InChI=1S/C25H30FN3O7.2ClH/c1-4-5-28-9-11-8-14(30)16-12(18(11)26)6-10-7-13-19(29(2)3)21(32)17(24(27)35)23(34)25(13,36)22(33)15(10)20(16)31;;/h8,10,13,19,28,30-31,34,36H,4-7,9H2,1-3H3,(H2,27,35);2*1H/t10-,13-,19-,25-;;/m0../s1. The number of nitrogens with two attached hydrogens (primary N) is 1. The number of ketones is 2. The van der Waals surface area contributed by atoms with E-state index in [1.165, 1.54) is 25.1 Å². The number of primary amides is 1. The first-order valence-corrected chi connectivity index (χ1v) is 11.8. The summed E-state index contributed by atoms with van der Waals surface area (Å²) in [4.78, 5) is 40.2. The molecule has 38 heavy (non-hydrogen) atoms. The molecule has 0 aliphatic heterocycles. The zero-order valence-corrected chi connectivity index (χ0v) is 22.7. The lowest BCUT2D eigenvalue weighted by molar-refractivity contribution is -0.153. The van der Waals surface area contributed by atoms with Crippen molar-refractivity contribution < 1.29 is 39.2 Å². The third-order valence-corrected chi connectivity index (χ3v) is 7.47. The molecule has 0 unspecified atom stereocenters. The zero-order chi connectivity index (χ0) is 26.7. The molecule has 0 heterocycles. The monoisotopic (exact) mass is 575 g/mol. The van der Waals surface area contributed by atoms with Gasteiger partial charge in [-0.1, -0.05) is 6.92 Å². The molecular formula is C25H32Cl2FN3O7. The molecule has 3 aliphatic rings. The van der Waals surface area contributed by atoms with Crippen LogP contribution in [-0.4, -0.2) is 75.1 Å². The Bertz CT molecular complexity index is 1250. The van der Waals surface area contributed by atoms with Gasteiger partial charge in [0.05, 0.1) is 11.6 Å². The lowest BCUT2D eigenvalue weighted by Crippen LogP contribution is -2.65. The average molecular weight is 576 g/mol. The van der Waals surface area contributed by atoms with Crippen LogP contribution in [0.5, 0.6) is 5.75 Å². The molecule has 3 aliphatic carbocycles. The predicted molar refractivity (Wildman–Crippen MR) is 141 cm³/mol. The molecule has 13 heteroatoms. The fourth-order valence-corrected chi connectivity index (χ4v) is 5.88. The topological polar surface area (TPSA) is 173 Å². The Balaban J connectivity index is 0.00000253. The molecule has 7 N–H and O–H groups in total. The highest BCUT2D eigenvalue weighted by molar-refractivity contribution is 6.24. The number of aliphatic hydroxyl groups excluding tert-OH is 2. The Labute approximate surface area is 231 Å². The number of benzene rings is 1. The molecule has 1 aromatic carbocycles. The maximum atomic E-state index is 15.5. The number of hydrogen-bond acceptors (Lipinski definition) is 9. The molecule has 1 fully saturated rings. The second-order valence-corrected chi connectivity index (χ2v) is 9.86. The van der Waals surface area contributed by atoms with Gasteiger partial charge in [-0.15, -0.1) is 24.8 Å². The molecule has 1 saturated carbocycles. The van der Waals surface area contributed by atoms with Crippen LogP contribution < -0.4 is 11.1 Å². The van der Waals surface area contributed by atoms with E-state index in [4.69, 9.17) is 5.73 Å². The van der Waals surface area contributed by atoms with Crippen LogP contribution in [0.25, 0.3) is 5.76 Å². The zero-order valence-electron chi connectivity index (χ0n) is 21.1. The summed E-state index contributed by atoms with van der Waals surface area (Å²) in [5.74, 6) is -8.24. The van der Waals surface area contributed by atoms with Crippen molar-refractivity contribution in [2.45, 2.75) is 44.4 Å². The van der Waals surface area contributed by atoms with E-state index in [0.29, 0.717) is 6.54 Å². The van der Waals surface area contributed by atoms with E-state index in [-0.39, 0.29) is 66.5 Å². The summed E-state index contributed by atoms with van der Waals surface area (Å²) in [7, 11) is 3.03. The van der Waals surface area contributed by atoms with E-state index in [9.17, 15) is 34.8 Å². The summed E-state index contributed by atoms with van der Waals surface area (Å²) in [5, 5.41) is 47.1. The Morgan fingerprint density at radius 2 is 1.87 bits per heavy atom. The first-order valence-electron chi connectivity index (χ1n) is 11.8. The SMILES string of the molecule is CCCNCc1cc(O)c2c(c1F)C[C@H]1C[C@H]3[C@H](N(C)C)C(=O)C(C(N)=O)=C(O)[C@@]3(O)C(=O)C1=C2O.Cl.Cl. The molecule has 1 amide bonds. The molecule has 0 saturated heterocycles. The summed E-state index contributed by atoms with van der Waals surface area (Å²) in [6, 6.07) is -0.0202. The van der Waals surface area contributed by atoms with Gasteiger partial charge < -0.3 is 31.5 Å². The lowest BCUT2D eigenvalue weighted by atomic mass is 9.57. The third kappa shape index (κ3) is 4.46. The molecule has 0 radical (unpaired) electrons. The number of likely N-dealkylation sites (N-methyl/N-ethyl adjacent to an activating group) is 1. The number of amides is 1. The molecule has 1 aromatic rings. The summed E-state index contributed by atoms with van der Waals surface area (Å²) in [6.45, 7) is 2.74. The Morgan fingerprint density at radius 3 is 2.42 bits per heavy atom. The molecule has 0 spiro atoms. The van der Waals surface area contributed by atoms with Crippen LogP contribution in [-0.2, 0) is 27.3 Å². The molecule has 10 nitrogen and oxygen atoms in total. The van der Waals surface area contributed by atoms with E-state index in [1.807, 2.05) is 6.92 Å². The normalized spacial score (nSPS) is 26.3. The Hall–Kier alpha value is -2.70. The van der Waals surface area contributed by atoms with Gasteiger partial charge in [0.2, 0.25) is 5.78 Å². The van der Waals surface area contributed by atoms with Crippen LogP contribution in [0.15, 0.2) is 23.0 Å². The van der Waals surface area contributed by atoms with Gasteiger partial charge in [0, 0.05) is 29.2 Å². The van der Waals surface area contributed by atoms with Crippen LogP contribution >= 0.6 is 24.8 Å². The maximum absolute atomic E-state index is 15.5. The summed E-state index contributed by atoms with van der Waals surface area (Å²) < 4.78 is 15.5. The van der Waals surface area contributed by atoms with E-state index < -0.39 is 69.6 Å². The van der Waals surface area contributed by atoms with Gasteiger partial charge in [-0.3, -0.25) is 19.3 Å². The number of phenols is 1. The highest BCUT2D eigenvalue weighted by Gasteiger charge is 2.64. The first-order chi connectivity index (χ1) is 16.9. The van der Waals surface area contributed by atoms with E-state index in [2.05, 4.69) is 5.32 Å². The fourth-order valence-electron chi connectivity index (χ4n) is 5.88. The molecular weight excluding hydrogens is 544 g/mol. The van der Waals surface area contributed by atoms with Gasteiger partial charge in [-0.2, -0.15) is 0 Å². The van der Waals surface area contributed by atoms with Crippen LogP contribution in [0.4, 0.5) is 4.39 Å². The van der Waals surface area contributed by atoms with Gasteiger partial charge in [-0.05, 0) is 51.9 Å². The van der Waals surface area contributed by atoms with Crippen molar-refractivity contribution in [1.82, 2.24) is 10.2 Å². The first kappa shape index (κ1) is 31.5. The summed E-state index contributed by atoms with van der Waals surface area (Å²) in [6.07, 6.45) is 0.643. The number of carbonyl (C=O) groups excluding carboxylic acids is 3. The van der Waals surface area contributed by atoms with E-state index in [1.54, 1.807) is 0 Å². The smallest absolute Gasteiger partial charge is 0.255 e. The van der Waals surface area contributed by atoms with Crippen molar-refractivity contribution in [3.63, 3.8) is 0 Å². The minimum atomic E-state index is -2.72.